The van der Waals surface area contributed by atoms with Crippen molar-refractivity contribution in [2.24, 2.45) is 17.8 Å². The maximum Gasteiger partial charge on any atom is 0.238 e. The molecule has 0 bridgehead atoms. The summed E-state index contributed by atoms with van der Waals surface area (Å²) in [7, 11) is 3.21. The van der Waals surface area contributed by atoms with Gasteiger partial charge in [0.1, 0.15) is 23.9 Å². The highest BCUT2D eigenvalue weighted by Crippen LogP contribution is 2.56. The van der Waals surface area contributed by atoms with Gasteiger partial charge >= 0.3 is 0 Å². The summed E-state index contributed by atoms with van der Waals surface area (Å²) in [5.41, 5.74) is 4.85. The summed E-state index contributed by atoms with van der Waals surface area (Å²) in [6.45, 7) is 1.50. The second-order valence-corrected chi connectivity index (χ2v) is 12.9. The van der Waals surface area contributed by atoms with Crippen LogP contribution in [0.5, 0.6) is 17.2 Å². The number of fused-ring (bicyclic) bond motifs is 3. The van der Waals surface area contributed by atoms with E-state index in [2.05, 4.69) is 0 Å². The van der Waals surface area contributed by atoms with Crippen molar-refractivity contribution in [2.45, 2.75) is 25.7 Å². The molecule has 50 heavy (non-hydrogen) atoms. The molecule has 0 radical (unpaired) electrons. The third-order valence-electron chi connectivity index (χ3n) is 10.2. The van der Waals surface area contributed by atoms with E-state index in [9.17, 15) is 24.3 Å². The van der Waals surface area contributed by atoms with Crippen LogP contribution in [-0.2, 0) is 19.2 Å². The van der Waals surface area contributed by atoms with Crippen molar-refractivity contribution in [1.29, 1.82) is 0 Å². The van der Waals surface area contributed by atoms with E-state index < -0.39 is 23.7 Å². The molecule has 7 rings (SSSR count). The molecule has 0 saturated carbocycles. The predicted molar refractivity (Wildman–Crippen MR) is 188 cm³/mol. The fourth-order valence-corrected chi connectivity index (χ4v) is 7.87. The van der Waals surface area contributed by atoms with E-state index in [-0.39, 0.29) is 43.0 Å². The van der Waals surface area contributed by atoms with Gasteiger partial charge < -0.3 is 19.3 Å². The molecule has 1 saturated heterocycles. The third kappa shape index (κ3) is 5.57. The fraction of sp³-hybridized carbons (Fsp3) is 0.268. The number of ether oxygens (including phenoxy) is 3. The van der Waals surface area contributed by atoms with Crippen molar-refractivity contribution in [1.82, 2.24) is 0 Å². The number of anilines is 1. The number of ketones is 2. The Morgan fingerprint density at radius 1 is 0.880 bits per heavy atom. The molecule has 1 aliphatic heterocycles. The number of Topliss-reactive ketones (excluding diaryl/α,β-unsaturated/α-hetero) is 1. The van der Waals surface area contributed by atoms with Crippen LogP contribution in [0, 0.1) is 17.8 Å². The lowest BCUT2D eigenvalue weighted by Crippen LogP contribution is -2.40. The second kappa shape index (κ2) is 13.4. The minimum absolute atomic E-state index is 0.0559. The molecule has 3 aliphatic carbocycles. The Labute approximate surface area is 290 Å². The van der Waals surface area contributed by atoms with Gasteiger partial charge in [-0.15, -0.1) is 0 Å². The number of aliphatic hydroxyl groups is 1. The number of rotatable bonds is 9. The van der Waals surface area contributed by atoms with Crippen molar-refractivity contribution >= 4 is 41.2 Å². The number of benzene rings is 3. The first-order chi connectivity index (χ1) is 24.2. The largest absolute Gasteiger partial charge is 0.497 e. The van der Waals surface area contributed by atoms with Gasteiger partial charge in [0.05, 0.1) is 38.3 Å². The first-order valence-electron chi connectivity index (χ1n) is 16.7. The maximum absolute atomic E-state index is 14.3. The standard InChI is InChI=1S/C41H37NO8/c1-23-20-33(44)32-22-31-28(36(38(32)39(23)45)29-6-4-5-7-35(29)50-19-18-43)15-16-30-37(31)41(47)42(40(30)46)26-12-9-24(10-13-26)8-11-25-21-27(48-2)14-17-34(25)49-3/h4-15,17,20-21,30-31,36-37,43H,16,18-19,22H2,1-3H3. The molecule has 9 nitrogen and oxygen atoms in total. The summed E-state index contributed by atoms with van der Waals surface area (Å²) in [5, 5.41) is 9.48. The molecule has 2 amide bonds. The maximum atomic E-state index is 14.3. The second-order valence-electron chi connectivity index (χ2n) is 12.9. The SMILES string of the molecule is COc1ccc(OC)c(C=Cc2ccc(N3C(=O)C4CC=C5C(c6ccccc6OCCO)C6=C(CC5C4C3=O)C(=O)C=C(C)C6=O)cc2)c1. The molecule has 1 heterocycles. The summed E-state index contributed by atoms with van der Waals surface area (Å²) >= 11 is 0. The van der Waals surface area contributed by atoms with Crippen LogP contribution in [0.2, 0.25) is 0 Å². The Morgan fingerprint density at radius 2 is 1.66 bits per heavy atom. The molecule has 1 N–H and O–H groups in total. The van der Waals surface area contributed by atoms with Crippen LogP contribution >= 0.6 is 0 Å². The number of carbonyl (C=O) groups excluding carboxylic acids is 4. The molecule has 4 unspecified atom stereocenters. The van der Waals surface area contributed by atoms with Crippen LogP contribution in [0.15, 0.2) is 101 Å². The van der Waals surface area contributed by atoms with Gasteiger partial charge in [-0.1, -0.05) is 54.1 Å². The Hall–Kier alpha value is -5.54. The Balaban J connectivity index is 1.21. The average molecular weight is 672 g/mol. The molecular formula is C41H37NO8. The number of carbonyl (C=O) groups is 4. The highest BCUT2D eigenvalue weighted by molar-refractivity contribution is 6.25. The van der Waals surface area contributed by atoms with Gasteiger partial charge in [0, 0.05) is 33.8 Å². The predicted octanol–water partition coefficient (Wildman–Crippen LogP) is 5.88. The highest BCUT2D eigenvalue weighted by Gasteiger charge is 2.56. The summed E-state index contributed by atoms with van der Waals surface area (Å²) < 4.78 is 16.7. The molecule has 1 fully saturated rings. The van der Waals surface area contributed by atoms with E-state index in [0.717, 1.165) is 16.7 Å². The monoisotopic (exact) mass is 671 g/mol. The normalized spacial score (nSPS) is 23.0. The van der Waals surface area contributed by atoms with Crippen molar-refractivity contribution in [3.05, 3.63) is 118 Å². The molecule has 0 aromatic heterocycles. The number of amides is 2. The molecule has 0 spiro atoms. The van der Waals surface area contributed by atoms with E-state index in [4.69, 9.17) is 14.2 Å². The number of imide groups is 1. The van der Waals surface area contributed by atoms with Crippen LogP contribution in [-0.4, -0.2) is 55.9 Å². The van der Waals surface area contributed by atoms with E-state index in [1.54, 1.807) is 39.3 Å². The fourth-order valence-electron chi connectivity index (χ4n) is 7.87. The molecule has 3 aromatic rings. The lowest BCUT2D eigenvalue weighted by Gasteiger charge is -2.42. The highest BCUT2D eigenvalue weighted by atomic mass is 16.5. The molecule has 9 heteroatoms. The number of hydrogen-bond acceptors (Lipinski definition) is 8. The van der Waals surface area contributed by atoms with E-state index >= 15 is 0 Å². The number of allylic oxidation sites excluding steroid dienone is 6. The topological polar surface area (TPSA) is 119 Å². The van der Waals surface area contributed by atoms with Gasteiger partial charge in [-0.25, -0.2) is 0 Å². The smallest absolute Gasteiger partial charge is 0.238 e. The third-order valence-corrected chi connectivity index (χ3v) is 10.2. The zero-order valence-electron chi connectivity index (χ0n) is 28.1. The minimum Gasteiger partial charge on any atom is -0.497 e. The zero-order chi connectivity index (χ0) is 35.1. The number of para-hydroxylation sites is 1. The van der Waals surface area contributed by atoms with Crippen molar-refractivity contribution in [3.8, 4) is 17.2 Å². The van der Waals surface area contributed by atoms with Gasteiger partial charge in [-0.05, 0) is 73.7 Å². The number of methoxy groups -OCH3 is 2. The van der Waals surface area contributed by atoms with Gasteiger partial charge in [0.25, 0.3) is 0 Å². The van der Waals surface area contributed by atoms with Crippen LogP contribution in [0.4, 0.5) is 5.69 Å². The summed E-state index contributed by atoms with van der Waals surface area (Å²) in [6.07, 6.45) is 7.71. The summed E-state index contributed by atoms with van der Waals surface area (Å²) in [5.74, 6) is -1.54. The summed E-state index contributed by atoms with van der Waals surface area (Å²) in [4.78, 5) is 56.9. The first-order valence-corrected chi connectivity index (χ1v) is 16.7. The van der Waals surface area contributed by atoms with Crippen LogP contribution in [0.3, 0.4) is 0 Å². The number of nitrogens with zero attached hydrogens (tertiary/aromatic N) is 1. The Morgan fingerprint density at radius 3 is 2.40 bits per heavy atom. The van der Waals surface area contributed by atoms with Crippen LogP contribution in [0.25, 0.3) is 12.2 Å². The molecule has 4 atom stereocenters. The van der Waals surface area contributed by atoms with Gasteiger partial charge in [-0.2, -0.15) is 0 Å². The number of hydrogen-bond donors (Lipinski definition) is 1. The molecular weight excluding hydrogens is 634 g/mol. The lowest BCUT2D eigenvalue weighted by molar-refractivity contribution is -0.123. The van der Waals surface area contributed by atoms with Crippen LogP contribution in [0.1, 0.15) is 42.4 Å². The van der Waals surface area contributed by atoms with Gasteiger partial charge in [0.15, 0.2) is 11.6 Å². The van der Waals surface area contributed by atoms with E-state index in [1.165, 1.54) is 11.0 Å². The van der Waals surface area contributed by atoms with Crippen LogP contribution < -0.4 is 19.1 Å². The van der Waals surface area contributed by atoms with E-state index in [0.29, 0.717) is 51.6 Å². The zero-order valence-corrected chi connectivity index (χ0v) is 28.1. The lowest BCUT2D eigenvalue weighted by atomic mass is 9.59. The van der Waals surface area contributed by atoms with Crippen molar-refractivity contribution < 1.29 is 38.5 Å². The first kappa shape index (κ1) is 33.0. The minimum atomic E-state index is -0.695. The quantitative estimate of drug-likeness (QED) is 0.130. The molecule has 4 aliphatic rings. The van der Waals surface area contributed by atoms with Crippen molar-refractivity contribution in [2.75, 3.05) is 32.3 Å². The Bertz CT molecular complexity index is 2030. The molecule has 254 valence electrons. The Kier molecular flexibility index (Phi) is 8.84. The number of aliphatic hydroxyl groups excluding tert-OH is 1. The van der Waals surface area contributed by atoms with Gasteiger partial charge in [-0.3, -0.25) is 24.1 Å². The van der Waals surface area contributed by atoms with Gasteiger partial charge in [0.2, 0.25) is 11.8 Å². The summed E-state index contributed by atoms with van der Waals surface area (Å²) in [6, 6.07) is 20.0. The average Bonchev–Trinajstić information content (AvgIpc) is 3.40. The van der Waals surface area contributed by atoms with Crippen molar-refractivity contribution in [3.63, 3.8) is 0 Å². The molecule has 3 aromatic carbocycles. The van der Waals surface area contributed by atoms with E-state index in [1.807, 2.05) is 66.8 Å².